The monoisotopic (exact) mass is 276 g/mol. The standard InChI is InChI=1S/C14H16N2O2S/c1-7-4-8(2)11(9(3)5-7)13-16-10(6-19-13)12(15)14(17)18/h4-6,12H,15H2,1-3H3,(H,17,18). The van der Waals surface area contributed by atoms with E-state index in [1.54, 1.807) is 5.38 Å². The average molecular weight is 276 g/mol. The van der Waals surface area contributed by atoms with E-state index >= 15 is 0 Å². The summed E-state index contributed by atoms with van der Waals surface area (Å²) >= 11 is 1.43. The molecule has 0 radical (unpaired) electrons. The number of thiazole rings is 1. The number of benzene rings is 1. The summed E-state index contributed by atoms with van der Waals surface area (Å²) in [6, 6.07) is 3.14. The molecule has 0 bridgehead atoms. The largest absolute Gasteiger partial charge is 0.480 e. The third-order valence-electron chi connectivity index (χ3n) is 3.00. The summed E-state index contributed by atoms with van der Waals surface area (Å²) in [4.78, 5) is 15.2. The fourth-order valence-corrected chi connectivity index (χ4v) is 3.22. The van der Waals surface area contributed by atoms with Crippen molar-refractivity contribution in [2.24, 2.45) is 5.73 Å². The van der Waals surface area contributed by atoms with Gasteiger partial charge in [-0.3, -0.25) is 4.79 Å². The number of nitrogens with zero attached hydrogens (tertiary/aromatic N) is 1. The molecule has 1 unspecified atom stereocenters. The second-order valence-corrected chi connectivity index (χ2v) is 5.53. The summed E-state index contributed by atoms with van der Waals surface area (Å²) in [7, 11) is 0. The summed E-state index contributed by atoms with van der Waals surface area (Å²) < 4.78 is 0. The third-order valence-corrected chi connectivity index (χ3v) is 3.88. The van der Waals surface area contributed by atoms with Crippen LogP contribution in [0.2, 0.25) is 0 Å². The van der Waals surface area contributed by atoms with Crippen LogP contribution in [-0.2, 0) is 4.79 Å². The Bertz CT molecular complexity index is 611. The second kappa shape index (κ2) is 5.11. The van der Waals surface area contributed by atoms with Gasteiger partial charge in [0.05, 0.1) is 5.69 Å². The highest BCUT2D eigenvalue weighted by Crippen LogP contribution is 2.31. The molecule has 1 atom stereocenters. The van der Waals surface area contributed by atoms with E-state index in [4.69, 9.17) is 10.8 Å². The molecule has 2 aromatic rings. The SMILES string of the molecule is Cc1cc(C)c(-c2nc(C(N)C(=O)O)cs2)c(C)c1. The van der Waals surface area contributed by atoms with Crippen LogP contribution >= 0.6 is 11.3 Å². The van der Waals surface area contributed by atoms with Gasteiger partial charge in [0.25, 0.3) is 0 Å². The van der Waals surface area contributed by atoms with Crippen LogP contribution in [0.3, 0.4) is 0 Å². The van der Waals surface area contributed by atoms with Crippen molar-refractivity contribution < 1.29 is 9.90 Å². The highest BCUT2D eigenvalue weighted by atomic mass is 32.1. The van der Waals surface area contributed by atoms with Crippen LogP contribution in [0.1, 0.15) is 28.4 Å². The van der Waals surface area contributed by atoms with Gasteiger partial charge in [0, 0.05) is 10.9 Å². The van der Waals surface area contributed by atoms with Crippen molar-refractivity contribution in [1.82, 2.24) is 4.98 Å². The molecule has 0 amide bonds. The molecule has 1 aromatic carbocycles. The molecular weight excluding hydrogens is 260 g/mol. The minimum absolute atomic E-state index is 0.409. The van der Waals surface area contributed by atoms with Crippen LogP contribution in [0.15, 0.2) is 17.5 Å². The molecular formula is C14H16N2O2S. The van der Waals surface area contributed by atoms with E-state index < -0.39 is 12.0 Å². The summed E-state index contributed by atoms with van der Waals surface area (Å²) in [5.74, 6) is -1.06. The van der Waals surface area contributed by atoms with Gasteiger partial charge in [-0.25, -0.2) is 4.98 Å². The average Bonchev–Trinajstić information content (AvgIpc) is 2.75. The van der Waals surface area contributed by atoms with Crippen molar-refractivity contribution in [3.63, 3.8) is 0 Å². The summed E-state index contributed by atoms with van der Waals surface area (Å²) in [6.07, 6.45) is 0. The molecule has 2 rings (SSSR count). The van der Waals surface area contributed by atoms with Crippen molar-refractivity contribution >= 4 is 17.3 Å². The summed E-state index contributed by atoms with van der Waals surface area (Å²) in [5.41, 5.74) is 10.5. The minimum Gasteiger partial charge on any atom is -0.480 e. The number of aromatic nitrogens is 1. The molecule has 0 fully saturated rings. The van der Waals surface area contributed by atoms with Gasteiger partial charge in [-0.05, 0) is 31.9 Å². The summed E-state index contributed by atoms with van der Waals surface area (Å²) in [5, 5.41) is 11.4. The Labute approximate surface area is 115 Å². The third kappa shape index (κ3) is 2.67. The molecule has 4 nitrogen and oxygen atoms in total. The van der Waals surface area contributed by atoms with Gasteiger partial charge in [0.1, 0.15) is 11.0 Å². The molecule has 1 aromatic heterocycles. The van der Waals surface area contributed by atoms with E-state index in [-0.39, 0.29) is 0 Å². The van der Waals surface area contributed by atoms with Crippen molar-refractivity contribution in [3.05, 3.63) is 39.9 Å². The van der Waals surface area contributed by atoms with E-state index in [1.165, 1.54) is 16.9 Å². The Hall–Kier alpha value is -1.72. The second-order valence-electron chi connectivity index (χ2n) is 4.67. The smallest absolute Gasteiger partial charge is 0.326 e. The zero-order valence-corrected chi connectivity index (χ0v) is 11.9. The molecule has 100 valence electrons. The predicted molar refractivity (Wildman–Crippen MR) is 76.3 cm³/mol. The number of carboxylic acid groups (broad SMARTS) is 1. The quantitative estimate of drug-likeness (QED) is 0.903. The number of carboxylic acids is 1. The van der Waals surface area contributed by atoms with Crippen LogP contribution < -0.4 is 5.73 Å². The topological polar surface area (TPSA) is 76.2 Å². The van der Waals surface area contributed by atoms with E-state index in [2.05, 4.69) is 24.0 Å². The number of aryl methyl sites for hydroxylation is 3. The number of nitrogens with two attached hydrogens (primary N) is 1. The first kappa shape index (κ1) is 13.7. The van der Waals surface area contributed by atoms with Crippen molar-refractivity contribution in [2.45, 2.75) is 26.8 Å². The number of hydrogen-bond donors (Lipinski definition) is 2. The van der Waals surface area contributed by atoms with Gasteiger partial charge in [-0.2, -0.15) is 0 Å². The maximum atomic E-state index is 10.9. The Balaban J connectivity index is 2.47. The Morgan fingerprint density at radius 1 is 1.32 bits per heavy atom. The van der Waals surface area contributed by atoms with E-state index in [0.29, 0.717) is 5.69 Å². The highest BCUT2D eigenvalue weighted by Gasteiger charge is 2.19. The van der Waals surface area contributed by atoms with Crippen LogP contribution in [0.25, 0.3) is 10.6 Å². The fraction of sp³-hybridized carbons (Fsp3) is 0.286. The molecule has 0 aliphatic rings. The predicted octanol–water partition coefficient (Wildman–Crippen LogP) is 2.82. The molecule has 19 heavy (non-hydrogen) atoms. The lowest BCUT2D eigenvalue weighted by Crippen LogP contribution is -2.20. The van der Waals surface area contributed by atoms with Gasteiger partial charge in [0.2, 0.25) is 0 Å². The lowest BCUT2D eigenvalue weighted by molar-refractivity contribution is -0.138. The number of aliphatic carboxylic acids is 1. The van der Waals surface area contributed by atoms with E-state index in [0.717, 1.165) is 21.7 Å². The Morgan fingerprint density at radius 3 is 2.42 bits per heavy atom. The van der Waals surface area contributed by atoms with Crippen LogP contribution in [-0.4, -0.2) is 16.1 Å². The lowest BCUT2D eigenvalue weighted by Gasteiger charge is -2.08. The van der Waals surface area contributed by atoms with Crippen LogP contribution in [0.4, 0.5) is 0 Å². The van der Waals surface area contributed by atoms with Gasteiger partial charge in [-0.15, -0.1) is 11.3 Å². The van der Waals surface area contributed by atoms with Crippen molar-refractivity contribution in [2.75, 3.05) is 0 Å². The first-order chi connectivity index (χ1) is 8.90. The lowest BCUT2D eigenvalue weighted by atomic mass is 10.0. The summed E-state index contributed by atoms with van der Waals surface area (Å²) in [6.45, 7) is 6.12. The maximum absolute atomic E-state index is 10.9. The molecule has 0 aliphatic carbocycles. The van der Waals surface area contributed by atoms with Gasteiger partial charge < -0.3 is 10.8 Å². The normalized spacial score (nSPS) is 12.4. The number of carbonyl (C=O) groups is 1. The van der Waals surface area contributed by atoms with Crippen molar-refractivity contribution in [1.29, 1.82) is 0 Å². The van der Waals surface area contributed by atoms with Crippen LogP contribution in [0.5, 0.6) is 0 Å². The van der Waals surface area contributed by atoms with Gasteiger partial charge in [0.15, 0.2) is 0 Å². The van der Waals surface area contributed by atoms with Crippen LogP contribution in [0, 0.1) is 20.8 Å². The molecule has 1 heterocycles. The highest BCUT2D eigenvalue weighted by molar-refractivity contribution is 7.13. The first-order valence-corrected chi connectivity index (χ1v) is 6.80. The molecule has 3 N–H and O–H groups in total. The number of rotatable bonds is 3. The zero-order valence-electron chi connectivity index (χ0n) is 11.1. The maximum Gasteiger partial charge on any atom is 0.326 e. The molecule has 5 heteroatoms. The first-order valence-electron chi connectivity index (χ1n) is 5.92. The molecule has 0 aliphatic heterocycles. The van der Waals surface area contributed by atoms with Crippen molar-refractivity contribution in [3.8, 4) is 10.6 Å². The molecule has 0 spiro atoms. The zero-order chi connectivity index (χ0) is 14.2. The minimum atomic E-state index is -1.06. The fourth-order valence-electron chi connectivity index (χ4n) is 2.19. The molecule has 0 saturated heterocycles. The molecule has 0 saturated carbocycles. The van der Waals surface area contributed by atoms with Gasteiger partial charge >= 0.3 is 5.97 Å². The van der Waals surface area contributed by atoms with E-state index in [9.17, 15) is 4.79 Å². The Kier molecular flexibility index (Phi) is 3.68. The van der Waals surface area contributed by atoms with Gasteiger partial charge in [-0.1, -0.05) is 17.7 Å². The Morgan fingerprint density at radius 2 is 1.89 bits per heavy atom. The van der Waals surface area contributed by atoms with E-state index in [1.807, 2.05) is 13.8 Å². The number of hydrogen-bond acceptors (Lipinski definition) is 4.